The molecule has 6 heteroatoms. The third kappa shape index (κ3) is 5.78. The smallest absolute Gasteiger partial charge is 0.231 e. The molecular formula is C22H22N2O2S2. The molecule has 3 rings (SSSR count). The van der Waals surface area contributed by atoms with Crippen molar-refractivity contribution in [1.82, 2.24) is 10.3 Å². The van der Waals surface area contributed by atoms with Crippen molar-refractivity contribution >= 4 is 34.8 Å². The van der Waals surface area contributed by atoms with Gasteiger partial charge in [-0.05, 0) is 25.8 Å². The van der Waals surface area contributed by atoms with Gasteiger partial charge in [-0.25, -0.2) is 4.98 Å². The van der Waals surface area contributed by atoms with E-state index in [0.29, 0.717) is 6.42 Å². The zero-order valence-corrected chi connectivity index (χ0v) is 17.5. The third-order valence-corrected chi connectivity index (χ3v) is 6.29. The number of thioether (sulfide) groups is 1. The summed E-state index contributed by atoms with van der Waals surface area (Å²) in [6, 6.07) is 17.4. The SMILES string of the molecule is CC(=O)[C@@H](Cc1ccccc1)NC(=O)CSc1nc(-c2ccc(C)cc2)cs1. The Balaban J connectivity index is 1.54. The predicted molar refractivity (Wildman–Crippen MR) is 116 cm³/mol. The topological polar surface area (TPSA) is 59.1 Å². The molecule has 0 saturated heterocycles. The second-order valence-corrected chi connectivity index (χ2v) is 8.65. The number of thiazole rings is 1. The number of benzene rings is 2. The molecule has 0 radical (unpaired) electrons. The Kier molecular flexibility index (Phi) is 7.01. The predicted octanol–water partition coefficient (Wildman–Crippen LogP) is 4.53. The van der Waals surface area contributed by atoms with Gasteiger partial charge in [-0.15, -0.1) is 11.3 Å². The van der Waals surface area contributed by atoms with Crippen molar-refractivity contribution < 1.29 is 9.59 Å². The van der Waals surface area contributed by atoms with Gasteiger partial charge < -0.3 is 5.32 Å². The van der Waals surface area contributed by atoms with Gasteiger partial charge in [0.1, 0.15) is 0 Å². The molecule has 0 aliphatic heterocycles. The maximum atomic E-state index is 12.3. The van der Waals surface area contributed by atoms with Gasteiger partial charge in [0.05, 0.1) is 17.5 Å². The summed E-state index contributed by atoms with van der Waals surface area (Å²) in [6.45, 7) is 3.56. The van der Waals surface area contributed by atoms with Crippen LogP contribution in [0.3, 0.4) is 0 Å². The fourth-order valence-electron chi connectivity index (χ4n) is 2.69. The van der Waals surface area contributed by atoms with Crippen molar-refractivity contribution in [3.05, 3.63) is 71.1 Å². The summed E-state index contributed by atoms with van der Waals surface area (Å²) < 4.78 is 0.841. The quantitative estimate of drug-likeness (QED) is 0.555. The Labute approximate surface area is 173 Å². The van der Waals surface area contributed by atoms with E-state index in [0.717, 1.165) is 21.2 Å². The molecular weight excluding hydrogens is 388 g/mol. The van der Waals surface area contributed by atoms with Crippen LogP contribution < -0.4 is 5.32 Å². The van der Waals surface area contributed by atoms with Crippen molar-refractivity contribution in [3.63, 3.8) is 0 Å². The lowest BCUT2D eigenvalue weighted by molar-refractivity contribution is -0.125. The Morgan fingerprint density at radius 1 is 1.11 bits per heavy atom. The number of hydrogen-bond donors (Lipinski definition) is 1. The summed E-state index contributed by atoms with van der Waals surface area (Å²) in [5, 5.41) is 4.85. The van der Waals surface area contributed by atoms with E-state index in [9.17, 15) is 9.59 Å². The van der Waals surface area contributed by atoms with E-state index in [-0.39, 0.29) is 17.4 Å². The second-order valence-electron chi connectivity index (χ2n) is 6.57. The van der Waals surface area contributed by atoms with Crippen LogP contribution in [0, 0.1) is 6.92 Å². The molecule has 1 N–H and O–H groups in total. The van der Waals surface area contributed by atoms with Gasteiger partial charge in [-0.3, -0.25) is 9.59 Å². The number of carbonyl (C=O) groups is 2. The first kappa shape index (κ1) is 20.3. The van der Waals surface area contributed by atoms with Gasteiger partial charge >= 0.3 is 0 Å². The first-order valence-corrected chi connectivity index (χ1v) is 10.9. The van der Waals surface area contributed by atoms with Gasteiger partial charge in [0.25, 0.3) is 0 Å². The minimum absolute atomic E-state index is 0.0434. The summed E-state index contributed by atoms with van der Waals surface area (Å²) in [4.78, 5) is 28.8. The molecule has 2 aromatic carbocycles. The first-order chi connectivity index (χ1) is 13.5. The van der Waals surface area contributed by atoms with Gasteiger partial charge in [0.15, 0.2) is 10.1 Å². The van der Waals surface area contributed by atoms with Crippen LogP contribution in [-0.2, 0) is 16.0 Å². The van der Waals surface area contributed by atoms with Crippen molar-refractivity contribution in [3.8, 4) is 11.3 Å². The van der Waals surface area contributed by atoms with Crippen molar-refractivity contribution in [1.29, 1.82) is 0 Å². The molecule has 4 nitrogen and oxygen atoms in total. The van der Waals surface area contributed by atoms with Crippen LogP contribution in [0.5, 0.6) is 0 Å². The van der Waals surface area contributed by atoms with Crippen LogP contribution in [0.4, 0.5) is 0 Å². The standard InChI is InChI=1S/C22H22N2O2S2/c1-15-8-10-18(11-9-15)20-13-27-22(24-20)28-14-21(26)23-19(16(2)25)12-17-6-4-3-5-7-17/h3-11,13,19H,12,14H2,1-2H3,(H,23,26)/t19-/m1/s1. The van der Waals surface area contributed by atoms with Crippen LogP contribution >= 0.6 is 23.1 Å². The Morgan fingerprint density at radius 3 is 2.50 bits per heavy atom. The van der Waals surface area contributed by atoms with Crippen LogP contribution in [-0.4, -0.2) is 28.5 Å². The molecule has 0 aliphatic rings. The minimum atomic E-state index is -0.505. The maximum absolute atomic E-state index is 12.3. The summed E-state index contributed by atoms with van der Waals surface area (Å²) >= 11 is 2.91. The van der Waals surface area contributed by atoms with Crippen molar-refractivity contribution in [2.24, 2.45) is 0 Å². The molecule has 0 saturated carbocycles. The monoisotopic (exact) mass is 410 g/mol. The van der Waals surface area contributed by atoms with E-state index in [1.165, 1.54) is 35.6 Å². The number of carbonyl (C=O) groups excluding carboxylic acids is 2. The number of Topliss-reactive ketones (excluding diaryl/α,β-unsaturated/α-hetero) is 1. The Morgan fingerprint density at radius 2 is 1.82 bits per heavy atom. The van der Waals surface area contributed by atoms with E-state index < -0.39 is 6.04 Å². The van der Waals surface area contributed by atoms with Crippen LogP contribution in [0.2, 0.25) is 0 Å². The van der Waals surface area contributed by atoms with Crippen molar-refractivity contribution in [2.75, 3.05) is 5.75 Å². The van der Waals surface area contributed by atoms with E-state index in [1.54, 1.807) is 0 Å². The summed E-state index contributed by atoms with van der Waals surface area (Å²) in [6.07, 6.45) is 0.501. The molecule has 0 bridgehead atoms. The number of ketones is 1. The highest BCUT2D eigenvalue weighted by Crippen LogP contribution is 2.28. The summed E-state index contributed by atoms with van der Waals surface area (Å²) in [7, 11) is 0. The zero-order valence-electron chi connectivity index (χ0n) is 15.8. The van der Waals surface area contributed by atoms with E-state index in [2.05, 4.69) is 29.4 Å². The summed E-state index contributed by atoms with van der Waals surface area (Å²) in [5.41, 5.74) is 4.22. The molecule has 0 spiro atoms. The lowest BCUT2D eigenvalue weighted by atomic mass is 10.0. The average Bonchev–Trinajstić information content (AvgIpc) is 3.16. The highest BCUT2D eigenvalue weighted by molar-refractivity contribution is 8.01. The number of nitrogens with one attached hydrogen (secondary N) is 1. The zero-order chi connectivity index (χ0) is 19.9. The number of rotatable bonds is 8. The molecule has 28 heavy (non-hydrogen) atoms. The fourth-order valence-corrected chi connectivity index (χ4v) is 4.34. The lowest BCUT2D eigenvalue weighted by Gasteiger charge is -2.15. The minimum Gasteiger partial charge on any atom is -0.345 e. The molecule has 0 fully saturated rings. The highest BCUT2D eigenvalue weighted by Gasteiger charge is 2.18. The number of aryl methyl sites for hydroxylation is 1. The van der Waals surface area contributed by atoms with Gasteiger partial charge in [-0.1, -0.05) is 71.9 Å². The first-order valence-electron chi connectivity index (χ1n) is 9.00. The Bertz CT molecular complexity index is 937. The number of amides is 1. The molecule has 0 unspecified atom stereocenters. The van der Waals surface area contributed by atoms with Crippen LogP contribution in [0.25, 0.3) is 11.3 Å². The number of aromatic nitrogens is 1. The number of nitrogens with zero attached hydrogens (tertiary/aromatic N) is 1. The van der Waals surface area contributed by atoms with Gasteiger partial charge in [0.2, 0.25) is 5.91 Å². The fraction of sp³-hybridized carbons (Fsp3) is 0.227. The van der Waals surface area contributed by atoms with E-state index in [1.807, 2.05) is 47.8 Å². The van der Waals surface area contributed by atoms with E-state index in [4.69, 9.17) is 0 Å². The third-order valence-electron chi connectivity index (χ3n) is 4.27. The summed E-state index contributed by atoms with van der Waals surface area (Å²) in [5.74, 6) is 0.0331. The second kappa shape index (κ2) is 9.66. The average molecular weight is 411 g/mol. The molecule has 144 valence electrons. The molecule has 1 aromatic heterocycles. The lowest BCUT2D eigenvalue weighted by Crippen LogP contribution is -2.42. The molecule has 0 aliphatic carbocycles. The van der Waals surface area contributed by atoms with Gasteiger partial charge in [-0.2, -0.15) is 0 Å². The largest absolute Gasteiger partial charge is 0.345 e. The maximum Gasteiger partial charge on any atom is 0.231 e. The van der Waals surface area contributed by atoms with Gasteiger partial charge in [0, 0.05) is 10.9 Å². The molecule has 1 heterocycles. The van der Waals surface area contributed by atoms with E-state index >= 15 is 0 Å². The molecule has 3 aromatic rings. The molecule has 1 atom stereocenters. The van der Waals surface area contributed by atoms with Crippen molar-refractivity contribution in [2.45, 2.75) is 30.6 Å². The number of hydrogen-bond acceptors (Lipinski definition) is 5. The highest BCUT2D eigenvalue weighted by atomic mass is 32.2. The molecule has 1 amide bonds. The Hall–Kier alpha value is -2.44. The normalized spacial score (nSPS) is 11.8. The van der Waals surface area contributed by atoms with Crippen LogP contribution in [0.15, 0.2) is 64.3 Å². The van der Waals surface area contributed by atoms with Crippen LogP contribution in [0.1, 0.15) is 18.1 Å².